The molecule has 0 aliphatic carbocycles. The summed E-state index contributed by atoms with van der Waals surface area (Å²) in [6.45, 7) is 3.27. The second-order valence-electron chi connectivity index (χ2n) is 5.06. The number of aryl methyl sites for hydroxylation is 2. The number of aromatic amines is 1. The van der Waals surface area contributed by atoms with E-state index < -0.39 is 21.7 Å². The van der Waals surface area contributed by atoms with Gasteiger partial charge in [-0.15, -0.1) is 4.83 Å². The molecule has 0 aliphatic rings. The molecule has 2 heterocycles. The van der Waals surface area contributed by atoms with Crippen molar-refractivity contribution in [1.29, 1.82) is 0 Å². The van der Waals surface area contributed by atoms with Crippen LogP contribution in [0.1, 0.15) is 21.9 Å². The number of oxazole rings is 1. The number of benzene rings is 1. The Kier molecular flexibility index (Phi) is 3.78. The Hall–Kier alpha value is -2.85. The number of carbonyl (C=O) groups is 1. The van der Waals surface area contributed by atoms with Crippen molar-refractivity contribution in [3.05, 3.63) is 51.9 Å². The zero-order chi connectivity index (χ0) is 17.5. The Morgan fingerprint density at radius 1 is 1.17 bits per heavy atom. The van der Waals surface area contributed by atoms with Gasteiger partial charge in [-0.3, -0.25) is 15.2 Å². The van der Waals surface area contributed by atoms with Gasteiger partial charge in [0.25, 0.3) is 15.9 Å². The Balaban J connectivity index is 1.81. The van der Waals surface area contributed by atoms with E-state index in [0.29, 0.717) is 17.0 Å². The van der Waals surface area contributed by atoms with Crippen molar-refractivity contribution < 1.29 is 22.0 Å². The molecule has 3 aromatic rings. The minimum absolute atomic E-state index is 0.0931. The number of H-pyrrole nitrogens is 1. The smallest absolute Gasteiger partial charge is 0.417 e. The van der Waals surface area contributed by atoms with Crippen LogP contribution in [0.15, 0.2) is 42.8 Å². The SMILES string of the molecule is Cc1cc(C(=O)NNS(=O)(=O)c2ccc3[nH]c(=O)oc3c2)c(C)o1. The van der Waals surface area contributed by atoms with Crippen LogP contribution in [0.5, 0.6) is 0 Å². The minimum atomic E-state index is -4.04. The molecular formula is C14H13N3O6S. The number of hydrogen-bond acceptors (Lipinski definition) is 6. The molecule has 0 unspecified atom stereocenters. The largest absolute Gasteiger partial charge is 0.466 e. The van der Waals surface area contributed by atoms with Crippen molar-refractivity contribution in [2.24, 2.45) is 0 Å². The van der Waals surface area contributed by atoms with Gasteiger partial charge in [0.1, 0.15) is 11.5 Å². The molecule has 0 saturated heterocycles. The first-order valence-corrected chi connectivity index (χ1v) is 8.26. The maximum atomic E-state index is 12.2. The molecule has 0 saturated carbocycles. The number of amides is 1. The third-order valence-corrected chi connectivity index (χ3v) is 4.53. The highest BCUT2D eigenvalue weighted by Crippen LogP contribution is 2.16. The van der Waals surface area contributed by atoms with E-state index in [9.17, 15) is 18.0 Å². The summed E-state index contributed by atoms with van der Waals surface area (Å²) in [4.78, 5) is 27.3. The quantitative estimate of drug-likeness (QED) is 0.599. The number of hydrazine groups is 1. The van der Waals surface area contributed by atoms with E-state index in [1.54, 1.807) is 13.8 Å². The molecule has 0 bridgehead atoms. The standard InChI is InChI=1S/C14H13N3O6S/c1-7-5-10(8(2)22-7)13(18)16-17-24(20,21)9-3-4-11-12(6-9)23-14(19)15-11/h3-6,17H,1-2H3,(H,15,19)(H,16,18). The van der Waals surface area contributed by atoms with Gasteiger partial charge in [0.2, 0.25) is 0 Å². The minimum Gasteiger partial charge on any atom is -0.466 e. The van der Waals surface area contributed by atoms with E-state index in [2.05, 4.69) is 10.4 Å². The van der Waals surface area contributed by atoms with E-state index in [-0.39, 0.29) is 16.0 Å². The lowest BCUT2D eigenvalue weighted by Crippen LogP contribution is -2.41. The highest BCUT2D eigenvalue weighted by molar-refractivity contribution is 7.89. The highest BCUT2D eigenvalue weighted by atomic mass is 32.2. The van der Waals surface area contributed by atoms with E-state index >= 15 is 0 Å². The van der Waals surface area contributed by atoms with Crippen LogP contribution in [0.4, 0.5) is 0 Å². The van der Waals surface area contributed by atoms with Gasteiger partial charge in [-0.2, -0.15) is 0 Å². The molecule has 2 aromatic heterocycles. The third-order valence-electron chi connectivity index (χ3n) is 3.29. The van der Waals surface area contributed by atoms with Crippen LogP contribution in [0.25, 0.3) is 11.1 Å². The normalized spacial score (nSPS) is 11.8. The summed E-state index contributed by atoms with van der Waals surface area (Å²) in [6, 6.07) is 5.34. The number of aromatic nitrogens is 1. The zero-order valence-corrected chi connectivity index (χ0v) is 13.5. The van der Waals surface area contributed by atoms with Gasteiger partial charge in [0.05, 0.1) is 16.0 Å². The lowest BCUT2D eigenvalue weighted by atomic mass is 10.2. The molecule has 0 radical (unpaired) electrons. The van der Waals surface area contributed by atoms with Crippen LogP contribution >= 0.6 is 0 Å². The van der Waals surface area contributed by atoms with E-state index in [1.165, 1.54) is 24.3 Å². The summed E-state index contributed by atoms with van der Waals surface area (Å²) in [5.41, 5.74) is 2.79. The van der Waals surface area contributed by atoms with Crippen molar-refractivity contribution in [1.82, 2.24) is 15.2 Å². The predicted octanol–water partition coefficient (Wildman–Crippen LogP) is 0.954. The Morgan fingerprint density at radius 2 is 1.92 bits per heavy atom. The van der Waals surface area contributed by atoms with E-state index in [1.807, 2.05) is 4.83 Å². The van der Waals surface area contributed by atoms with Gasteiger partial charge >= 0.3 is 5.76 Å². The number of hydrogen-bond donors (Lipinski definition) is 3. The average molecular weight is 351 g/mol. The van der Waals surface area contributed by atoms with Gasteiger partial charge < -0.3 is 8.83 Å². The third kappa shape index (κ3) is 2.96. The molecule has 1 amide bonds. The first kappa shape index (κ1) is 16.0. The Bertz CT molecular complexity index is 1090. The highest BCUT2D eigenvalue weighted by Gasteiger charge is 2.19. The lowest BCUT2D eigenvalue weighted by molar-refractivity contribution is 0.0943. The van der Waals surface area contributed by atoms with Gasteiger partial charge in [-0.25, -0.2) is 13.2 Å². The average Bonchev–Trinajstić information content (AvgIpc) is 3.04. The molecule has 24 heavy (non-hydrogen) atoms. The van der Waals surface area contributed by atoms with Crippen LogP contribution in [0, 0.1) is 13.8 Å². The molecule has 9 nitrogen and oxygen atoms in total. The topological polar surface area (TPSA) is 134 Å². The van der Waals surface area contributed by atoms with Crippen LogP contribution in [-0.2, 0) is 10.0 Å². The first-order chi connectivity index (χ1) is 11.3. The molecular weight excluding hydrogens is 338 g/mol. The van der Waals surface area contributed by atoms with Gasteiger partial charge in [0.15, 0.2) is 5.58 Å². The second kappa shape index (κ2) is 5.65. The number of rotatable bonds is 4. The van der Waals surface area contributed by atoms with Crippen molar-refractivity contribution in [3.8, 4) is 0 Å². The fraction of sp³-hybridized carbons (Fsp3) is 0.143. The number of carbonyl (C=O) groups excluding carboxylic acids is 1. The van der Waals surface area contributed by atoms with Crippen LogP contribution in [0.2, 0.25) is 0 Å². The number of nitrogens with one attached hydrogen (secondary N) is 3. The number of sulfonamides is 1. The number of fused-ring (bicyclic) bond motifs is 1. The molecule has 0 fully saturated rings. The second-order valence-corrected chi connectivity index (χ2v) is 6.74. The van der Waals surface area contributed by atoms with Crippen LogP contribution in [-0.4, -0.2) is 19.3 Å². The summed E-state index contributed by atoms with van der Waals surface area (Å²) < 4.78 is 34.5. The van der Waals surface area contributed by atoms with E-state index in [0.717, 1.165) is 0 Å². The Labute approximate surface area is 135 Å². The monoisotopic (exact) mass is 351 g/mol. The van der Waals surface area contributed by atoms with Gasteiger partial charge in [-0.1, -0.05) is 0 Å². The molecule has 3 N–H and O–H groups in total. The molecule has 0 spiro atoms. The summed E-state index contributed by atoms with van der Waals surface area (Å²) in [7, 11) is -4.04. The van der Waals surface area contributed by atoms with Gasteiger partial charge in [0, 0.05) is 6.07 Å². The van der Waals surface area contributed by atoms with Gasteiger partial charge in [-0.05, 0) is 32.0 Å². The molecule has 126 valence electrons. The fourth-order valence-electron chi connectivity index (χ4n) is 2.19. The van der Waals surface area contributed by atoms with Crippen molar-refractivity contribution >= 4 is 27.0 Å². The molecule has 10 heteroatoms. The van der Waals surface area contributed by atoms with Crippen molar-refractivity contribution in [2.45, 2.75) is 18.7 Å². The lowest BCUT2D eigenvalue weighted by Gasteiger charge is -2.07. The zero-order valence-electron chi connectivity index (χ0n) is 12.7. The van der Waals surface area contributed by atoms with Crippen LogP contribution < -0.4 is 16.0 Å². The number of furan rings is 1. The maximum absolute atomic E-state index is 12.2. The molecule has 3 rings (SSSR count). The summed E-state index contributed by atoms with van der Waals surface area (Å²) >= 11 is 0. The molecule has 0 atom stereocenters. The van der Waals surface area contributed by atoms with Crippen LogP contribution in [0.3, 0.4) is 0 Å². The Morgan fingerprint density at radius 3 is 2.58 bits per heavy atom. The summed E-state index contributed by atoms with van der Waals surface area (Å²) in [6.07, 6.45) is 0. The first-order valence-electron chi connectivity index (χ1n) is 6.78. The fourth-order valence-corrected chi connectivity index (χ4v) is 3.04. The molecule has 0 aliphatic heterocycles. The van der Waals surface area contributed by atoms with E-state index in [4.69, 9.17) is 8.83 Å². The maximum Gasteiger partial charge on any atom is 0.417 e. The predicted molar refractivity (Wildman–Crippen MR) is 82.8 cm³/mol. The molecule has 1 aromatic carbocycles. The van der Waals surface area contributed by atoms with Crippen molar-refractivity contribution in [2.75, 3.05) is 0 Å². The van der Waals surface area contributed by atoms with Crippen molar-refractivity contribution in [3.63, 3.8) is 0 Å². The summed E-state index contributed by atoms with van der Waals surface area (Å²) in [5, 5.41) is 0. The summed E-state index contributed by atoms with van der Waals surface area (Å²) in [5.74, 6) is -0.429.